The predicted molar refractivity (Wildman–Crippen MR) is 80.3 cm³/mol. The summed E-state index contributed by atoms with van der Waals surface area (Å²) in [4.78, 5) is 25.3. The van der Waals surface area contributed by atoms with Crippen LogP contribution in [0.25, 0.3) is 0 Å². The fraction of sp³-hybridized carbons (Fsp3) is 0.500. The van der Waals surface area contributed by atoms with Crippen LogP contribution in [0.4, 0.5) is 4.39 Å². The van der Waals surface area contributed by atoms with E-state index in [1.807, 2.05) is 13.8 Å². The Morgan fingerprint density at radius 2 is 1.95 bits per heavy atom. The van der Waals surface area contributed by atoms with Crippen LogP contribution in [-0.4, -0.2) is 44.1 Å². The second kappa shape index (κ2) is 8.36. The van der Waals surface area contributed by atoms with Crippen molar-refractivity contribution in [2.75, 3.05) is 27.3 Å². The summed E-state index contributed by atoms with van der Waals surface area (Å²) < 4.78 is 23.2. The maximum atomic E-state index is 13.7. The van der Waals surface area contributed by atoms with Crippen LogP contribution in [0.2, 0.25) is 0 Å². The lowest BCUT2D eigenvalue weighted by molar-refractivity contribution is -0.140. The molecule has 122 valence electrons. The first-order valence-electron chi connectivity index (χ1n) is 7.08. The molecule has 0 radical (unpaired) electrons. The Labute approximate surface area is 130 Å². The maximum Gasteiger partial charge on any atom is 0.307 e. The zero-order chi connectivity index (χ0) is 16.7. The standard InChI is InChI=1S/C16H22FNO4/c1-11(2)10-18(8-7-15(19)22-4)16(20)12-5-6-14(21-3)13(17)9-12/h5-6,9,11H,7-8,10H2,1-4H3. The number of hydrogen-bond donors (Lipinski definition) is 0. The van der Waals surface area contributed by atoms with E-state index in [2.05, 4.69) is 4.74 Å². The highest BCUT2D eigenvalue weighted by Crippen LogP contribution is 2.19. The van der Waals surface area contributed by atoms with Gasteiger partial charge >= 0.3 is 5.97 Å². The van der Waals surface area contributed by atoms with Crippen LogP contribution in [0, 0.1) is 11.7 Å². The molecule has 1 aromatic carbocycles. The summed E-state index contributed by atoms with van der Waals surface area (Å²) >= 11 is 0. The monoisotopic (exact) mass is 311 g/mol. The Balaban J connectivity index is 2.90. The molecule has 0 atom stereocenters. The Morgan fingerprint density at radius 1 is 1.27 bits per heavy atom. The molecular weight excluding hydrogens is 289 g/mol. The van der Waals surface area contributed by atoms with Gasteiger partial charge < -0.3 is 14.4 Å². The minimum atomic E-state index is -0.592. The van der Waals surface area contributed by atoms with Gasteiger partial charge in [0.2, 0.25) is 0 Å². The molecule has 0 bridgehead atoms. The molecule has 0 N–H and O–H groups in total. The molecule has 1 amide bonds. The highest BCUT2D eigenvalue weighted by atomic mass is 19.1. The van der Waals surface area contributed by atoms with Crippen LogP contribution < -0.4 is 4.74 Å². The molecule has 0 unspecified atom stereocenters. The van der Waals surface area contributed by atoms with E-state index in [0.29, 0.717) is 6.54 Å². The highest BCUT2D eigenvalue weighted by Gasteiger charge is 2.19. The average molecular weight is 311 g/mol. The summed E-state index contributed by atoms with van der Waals surface area (Å²) in [6.07, 6.45) is 0.105. The number of methoxy groups -OCH3 is 2. The number of nitrogens with zero attached hydrogens (tertiary/aromatic N) is 1. The van der Waals surface area contributed by atoms with Crippen molar-refractivity contribution in [3.05, 3.63) is 29.6 Å². The number of ether oxygens (including phenoxy) is 2. The Bertz CT molecular complexity index is 531. The van der Waals surface area contributed by atoms with Crippen molar-refractivity contribution in [1.29, 1.82) is 0 Å². The SMILES string of the molecule is COC(=O)CCN(CC(C)C)C(=O)c1ccc(OC)c(F)c1. The summed E-state index contributed by atoms with van der Waals surface area (Å²) in [6.45, 7) is 4.64. The van der Waals surface area contributed by atoms with Gasteiger partial charge in [0.1, 0.15) is 0 Å². The lowest BCUT2D eigenvalue weighted by atomic mass is 10.1. The normalized spacial score (nSPS) is 10.5. The van der Waals surface area contributed by atoms with E-state index in [1.165, 1.54) is 31.3 Å². The second-order valence-electron chi connectivity index (χ2n) is 5.32. The van der Waals surface area contributed by atoms with Gasteiger partial charge in [0, 0.05) is 18.7 Å². The molecule has 0 spiro atoms. The third-order valence-corrected chi connectivity index (χ3v) is 3.09. The molecule has 1 aromatic rings. The fourth-order valence-electron chi connectivity index (χ4n) is 2.03. The number of halogens is 1. The van der Waals surface area contributed by atoms with Crippen molar-refractivity contribution in [1.82, 2.24) is 4.90 Å². The fourth-order valence-corrected chi connectivity index (χ4v) is 2.03. The van der Waals surface area contributed by atoms with Crippen molar-refractivity contribution in [2.24, 2.45) is 5.92 Å². The minimum absolute atomic E-state index is 0.0847. The van der Waals surface area contributed by atoms with Crippen LogP contribution in [0.3, 0.4) is 0 Å². The van der Waals surface area contributed by atoms with Crippen molar-refractivity contribution < 1.29 is 23.5 Å². The first kappa shape index (κ1) is 17.9. The van der Waals surface area contributed by atoms with E-state index in [0.717, 1.165) is 6.07 Å². The smallest absolute Gasteiger partial charge is 0.307 e. The molecular formula is C16H22FNO4. The average Bonchev–Trinajstić information content (AvgIpc) is 2.49. The number of carbonyl (C=O) groups excluding carboxylic acids is 2. The molecule has 1 rings (SSSR count). The van der Waals surface area contributed by atoms with Gasteiger partial charge in [-0.2, -0.15) is 0 Å². The van der Waals surface area contributed by atoms with E-state index in [1.54, 1.807) is 0 Å². The van der Waals surface area contributed by atoms with Gasteiger partial charge in [-0.25, -0.2) is 4.39 Å². The van der Waals surface area contributed by atoms with Crippen LogP contribution >= 0.6 is 0 Å². The van der Waals surface area contributed by atoms with Gasteiger partial charge in [-0.05, 0) is 24.1 Å². The molecule has 22 heavy (non-hydrogen) atoms. The summed E-state index contributed by atoms with van der Waals surface area (Å²) in [7, 11) is 2.66. The van der Waals surface area contributed by atoms with E-state index in [4.69, 9.17) is 4.74 Å². The number of benzene rings is 1. The Kier molecular flexibility index (Phi) is 6.82. The quantitative estimate of drug-likeness (QED) is 0.726. The van der Waals surface area contributed by atoms with Gasteiger partial charge in [-0.15, -0.1) is 0 Å². The van der Waals surface area contributed by atoms with Crippen LogP contribution in [0.15, 0.2) is 18.2 Å². The molecule has 0 saturated heterocycles. The first-order valence-corrected chi connectivity index (χ1v) is 7.08. The topological polar surface area (TPSA) is 55.8 Å². The molecule has 5 nitrogen and oxygen atoms in total. The van der Waals surface area contributed by atoms with Gasteiger partial charge in [0.05, 0.1) is 20.6 Å². The molecule has 6 heteroatoms. The molecule has 0 aromatic heterocycles. The number of hydrogen-bond acceptors (Lipinski definition) is 4. The molecule has 0 aliphatic heterocycles. The van der Waals surface area contributed by atoms with Crippen molar-refractivity contribution in [2.45, 2.75) is 20.3 Å². The Hall–Kier alpha value is -2.11. The van der Waals surface area contributed by atoms with E-state index < -0.39 is 5.82 Å². The molecule has 0 saturated carbocycles. The van der Waals surface area contributed by atoms with Gasteiger partial charge in [-0.3, -0.25) is 9.59 Å². The second-order valence-corrected chi connectivity index (χ2v) is 5.32. The summed E-state index contributed by atoms with van der Waals surface area (Å²) in [5, 5.41) is 0. The van der Waals surface area contributed by atoms with Crippen LogP contribution in [0.5, 0.6) is 5.75 Å². The van der Waals surface area contributed by atoms with Gasteiger partial charge in [-0.1, -0.05) is 13.8 Å². The third kappa shape index (κ3) is 5.02. The third-order valence-electron chi connectivity index (χ3n) is 3.09. The van der Waals surface area contributed by atoms with Crippen molar-refractivity contribution in [3.63, 3.8) is 0 Å². The number of carbonyl (C=O) groups is 2. The number of rotatable bonds is 7. The van der Waals surface area contributed by atoms with Crippen LogP contribution in [0.1, 0.15) is 30.6 Å². The number of esters is 1. The zero-order valence-corrected chi connectivity index (χ0v) is 13.4. The van der Waals surface area contributed by atoms with E-state index in [-0.39, 0.29) is 42.1 Å². The lowest BCUT2D eigenvalue weighted by Crippen LogP contribution is -2.36. The summed E-state index contributed by atoms with van der Waals surface area (Å²) in [5.74, 6) is -0.987. The van der Waals surface area contributed by atoms with E-state index >= 15 is 0 Å². The van der Waals surface area contributed by atoms with Gasteiger partial charge in [0.15, 0.2) is 11.6 Å². The lowest BCUT2D eigenvalue weighted by Gasteiger charge is -2.24. The Morgan fingerprint density at radius 3 is 2.45 bits per heavy atom. The van der Waals surface area contributed by atoms with Crippen LogP contribution in [-0.2, 0) is 9.53 Å². The largest absolute Gasteiger partial charge is 0.494 e. The molecule has 0 aliphatic carbocycles. The zero-order valence-electron chi connectivity index (χ0n) is 13.4. The minimum Gasteiger partial charge on any atom is -0.494 e. The van der Waals surface area contributed by atoms with Crippen molar-refractivity contribution in [3.8, 4) is 5.75 Å². The number of amides is 1. The summed E-state index contributed by atoms with van der Waals surface area (Å²) in [6, 6.07) is 4.07. The predicted octanol–water partition coefficient (Wildman–Crippen LogP) is 2.50. The molecule has 0 heterocycles. The maximum absolute atomic E-state index is 13.7. The summed E-state index contributed by atoms with van der Waals surface area (Å²) in [5.41, 5.74) is 0.226. The van der Waals surface area contributed by atoms with Gasteiger partial charge in [0.25, 0.3) is 5.91 Å². The molecule has 0 aliphatic rings. The van der Waals surface area contributed by atoms with E-state index in [9.17, 15) is 14.0 Å². The van der Waals surface area contributed by atoms with Crippen molar-refractivity contribution >= 4 is 11.9 Å². The highest BCUT2D eigenvalue weighted by molar-refractivity contribution is 5.94. The first-order chi connectivity index (χ1) is 10.4. The molecule has 0 fully saturated rings.